The van der Waals surface area contributed by atoms with Gasteiger partial charge in [0.25, 0.3) is 0 Å². The summed E-state index contributed by atoms with van der Waals surface area (Å²) in [4.78, 5) is 0. The van der Waals surface area contributed by atoms with Crippen LogP contribution in [0.15, 0.2) is 36.5 Å². The molecule has 0 amide bonds. The monoisotopic (exact) mass is 138 g/mol. The van der Waals surface area contributed by atoms with Crippen LogP contribution in [-0.2, 0) is 0 Å². The zero-order valence-corrected chi connectivity index (χ0v) is 7.57. The molecule has 0 aromatic heterocycles. The molecule has 0 aromatic carbocycles. The smallest absolute Gasteiger partial charge is 0.0335 e. The Labute approximate surface area is 65.0 Å². The minimum absolute atomic E-state index is 0.977. The van der Waals surface area contributed by atoms with Crippen molar-refractivity contribution in [1.29, 1.82) is 0 Å². The molecule has 58 valence electrons. The van der Waals surface area contributed by atoms with E-state index in [0.717, 1.165) is 5.57 Å². The van der Waals surface area contributed by atoms with Crippen molar-refractivity contribution in [3.63, 3.8) is 0 Å². The summed E-state index contributed by atoms with van der Waals surface area (Å²) in [5.74, 6) is 0. The molecule has 0 saturated carbocycles. The minimum atomic E-state index is 0.977. The van der Waals surface area contributed by atoms with E-state index in [1.165, 1.54) is 5.57 Å². The van der Waals surface area contributed by atoms with Crippen molar-refractivity contribution in [2.45, 2.75) is 27.7 Å². The van der Waals surface area contributed by atoms with Crippen LogP contribution >= 0.6 is 0 Å². The SMILES string of the molecule is C=CC(=C)C=C(C)C.CC. The van der Waals surface area contributed by atoms with Gasteiger partial charge in [0.1, 0.15) is 0 Å². The second-order valence-corrected chi connectivity index (χ2v) is 2.00. The molecule has 0 aliphatic rings. The Hall–Kier alpha value is -0.780. The Balaban J connectivity index is 0. The van der Waals surface area contributed by atoms with Crippen LogP contribution < -0.4 is 0 Å². The van der Waals surface area contributed by atoms with Gasteiger partial charge in [-0.2, -0.15) is 0 Å². The zero-order chi connectivity index (χ0) is 8.57. The highest BCUT2D eigenvalue weighted by Crippen LogP contribution is 1.97. The van der Waals surface area contributed by atoms with Crippen LogP contribution in [-0.4, -0.2) is 0 Å². The van der Waals surface area contributed by atoms with E-state index in [9.17, 15) is 0 Å². The van der Waals surface area contributed by atoms with Crippen molar-refractivity contribution in [1.82, 2.24) is 0 Å². The lowest BCUT2D eigenvalue weighted by Crippen LogP contribution is -1.66. The Morgan fingerprint density at radius 1 is 1.20 bits per heavy atom. The molecule has 0 aliphatic heterocycles. The largest absolute Gasteiger partial charge is 0.0985 e. The lowest BCUT2D eigenvalue weighted by atomic mass is 10.2. The van der Waals surface area contributed by atoms with Crippen molar-refractivity contribution >= 4 is 0 Å². The summed E-state index contributed by atoms with van der Waals surface area (Å²) in [5.41, 5.74) is 2.24. The third-order valence-corrected chi connectivity index (χ3v) is 0.736. The molecular formula is C10H18. The summed E-state index contributed by atoms with van der Waals surface area (Å²) in [6.45, 7) is 15.4. The average molecular weight is 138 g/mol. The summed E-state index contributed by atoms with van der Waals surface area (Å²) < 4.78 is 0. The van der Waals surface area contributed by atoms with Crippen molar-refractivity contribution in [2.75, 3.05) is 0 Å². The van der Waals surface area contributed by atoms with Gasteiger partial charge < -0.3 is 0 Å². The molecule has 0 spiro atoms. The van der Waals surface area contributed by atoms with Crippen molar-refractivity contribution in [2.24, 2.45) is 0 Å². The van der Waals surface area contributed by atoms with Gasteiger partial charge in [0.2, 0.25) is 0 Å². The van der Waals surface area contributed by atoms with Crippen LogP contribution in [0.5, 0.6) is 0 Å². The lowest BCUT2D eigenvalue weighted by molar-refractivity contribution is 1.38. The van der Waals surface area contributed by atoms with Gasteiger partial charge in [-0.1, -0.05) is 44.7 Å². The van der Waals surface area contributed by atoms with E-state index in [-0.39, 0.29) is 0 Å². The number of hydrogen-bond acceptors (Lipinski definition) is 0. The molecule has 0 radical (unpaired) electrons. The molecule has 0 unspecified atom stereocenters. The summed E-state index contributed by atoms with van der Waals surface area (Å²) in [5, 5.41) is 0. The second-order valence-electron chi connectivity index (χ2n) is 2.00. The average Bonchev–Trinajstić information content (AvgIpc) is 1.91. The number of rotatable bonds is 2. The molecule has 0 atom stereocenters. The topological polar surface area (TPSA) is 0 Å². The first-order valence-corrected chi connectivity index (χ1v) is 3.63. The van der Waals surface area contributed by atoms with Crippen molar-refractivity contribution < 1.29 is 0 Å². The van der Waals surface area contributed by atoms with E-state index >= 15 is 0 Å². The Kier molecular flexibility index (Phi) is 9.82. The molecule has 0 aliphatic carbocycles. The normalized spacial score (nSPS) is 6.80. The predicted octanol–water partition coefficient (Wildman–Crippen LogP) is 3.72. The first kappa shape index (κ1) is 12.0. The third kappa shape index (κ3) is 10.3. The fraction of sp³-hybridized carbons (Fsp3) is 0.400. The Bertz CT molecular complexity index is 123. The van der Waals surface area contributed by atoms with Crippen LogP contribution in [0.4, 0.5) is 0 Å². The molecule has 0 N–H and O–H groups in total. The molecule has 0 aromatic rings. The van der Waals surface area contributed by atoms with E-state index in [1.54, 1.807) is 6.08 Å². The maximum Gasteiger partial charge on any atom is -0.0335 e. The predicted molar refractivity (Wildman–Crippen MR) is 50.1 cm³/mol. The summed E-state index contributed by atoms with van der Waals surface area (Å²) in [6.07, 6.45) is 3.74. The highest BCUT2D eigenvalue weighted by molar-refractivity contribution is 5.27. The Morgan fingerprint density at radius 3 is 1.70 bits per heavy atom. The Morgan fingerprint density at radius 2 is 1.60 bits per heavy atom. The van der Waals surface area contributed by atoms with Crippen molar-refractivity contribution in [3.8, 4) is 0 Å². The lowest BCUT2D eigenvalue weighted by Gasteiger charge is -1.87. The van der Waals surface area contributed by atoms with Crippen molar-refractivity contribution in [3.05, 3.63) is 36.5 Å². The maximum absolute atomic E-state index is 3.72. The van der Waals surface area contributed by atoms with E-state index in [0.29, 0.717) is 0 Å². The van der Waals surface area contributed by atoms with Crippen LogP contribution in [0.1, 0.15) is 27.7 Å². The van der Waals surface area contributed by atoms with Gasteiger partial charge in [-0.25, -0.2) is 0 Å². The molecule has 0 rings (SSSR count). The van der Waals surface area contributed by atoms with E-state index in [1.807, 2.05) is 33.8 Å². The van der Waals surface area contributed by atoms with Gasteiger partial charge in [0.05, 0.1) is 0 Å². The fourth-order valence-corrected chi connectivity index (χ4v) is 0.430. The number of hydrogen-bond donors (Lipinski definition) is 0. The van der Waals surface area contributed by atoms with Crippen LogP contribution in [0.2, 0.25) is 0 Å². The molecule has 0 bridgehead atoms. The van der Waals surface area contributed by atoms with Gasteiger partial charge in [-0.05, 0) is 19.4 Å². The highest BCUT2D eigenvalue weighted by atomic mass is 13.8. The molecule has 10 heavy (non-hydrogen) atoms. The van der Waals surface area contributed by atoms with Gasteiger partial charge in [0, 0.05) is 0 Å². The maximum atomic E-state index is 3.72. The fourth-order valence-electron chi connectivity index (χ4n) is 0.430. The molecule has 0 heterocycles. The molecule has 0 heteroatoms. The first-order valence-electron chi connectivity index (χ1n) is 3.63. The van der Waals surface area contributed by atoms with E-state index in [2.05, 4.69) is 13.2 Å². The second kappa shape index (κ2) is 8.22. The molecular weight excluding hydrogens is 120 g/mol. The third-order valence-electron chi connectivity index (χ3n) is 0.736. The molecule has 0 nitrogen and oxygen atoms in total. The van der Waals surface area contributed by atoms with Gasteiger partial charge in [-0.15, -0.1) is 0 Å². The quantitative estimate of drug-likeness (QED) is 0.510. The van der Waals surface area contributed by atoms with Gasteiger partial charge in [-0.3, -0.25) is 0 Å². The van der Waals surface area contributed by atoms with Gasteiger partial charge in [0.15, 0.2) is 0 Å². The summed E-state index contributed by atoms with van der Waals surface area (Å²) in [6, 6.07) is 0. The van der Waals surface area contributed by atoms with E-state index < -0.39 is 0 Å². The first-order chi connectivity index (χ1) is 4.66. The zero-order valence-electron chi connectivity index (χ0n) is 7.57. The molecule has 0 saturated heterocycles. The highest BCUT2D eigenvalue weighted by Gasteiger charge is 1.77. The number of allylic oxidation sites excluding steroid dienone is 4. The van der Waals surface area contributed by atoms with Gasteiger partial charge >= 0.3 is 0 Å². The van der Waals surface area contributed by atoms with Crippen LogP contribution in [0, 0.1) is 0 Å². The standard InChI is InChI=1S/C8H12.C2H6/c1-5-8(4)6-7(2)3;1-2/h5-6H,1,4H2,2-3H3;1-2H3. The summed E-state index contributed by atoms with van der Waals surface area (Å²) in [7, 11) is 0. The van der Waals surface area contributed by atoms with Crippen LogP contribution in [0.3, 0.4) is 0 Å². The minimum Gasteiger partial charge on any atom is -0.0985 e. The van der Waals surface area contributed by atoms with E-state index in [4.69, 9.17) is 0 Å². The van der Waals surface area contributed by atoms with Crippen LogP contribution in [0.25, 0.3) is 0 Å². The summed E-state index contributed by atoms with van der Waals surface area (Å²) >= 11 is 0. The molecule has 0 fully saturated rings.